The topological polar surface area (TPSA) is 35.2 Å². The van der Waals surface area contributed by atoms with Crippen molar-refractivity contribution in [1.82, 2.24) is 0 Å². The molecule has 0 amide bonds. The molecule has 2 nitrogen and oxygen atoms in total. The van der Waals surface area contributed by atoms with Gasteiger partial charge < -0.3 is 10.5 Å². The molecular weight excluding hydrogens is 403 g/mol. The predicted molar refractivity (Wildman–Crippen MR) is 77.8 cm³/mol. The lowest BCUT2D eigenvalue weighted by Gasteiger charge is -2.12. The molecule has 0 atom stereocenters. The van der Waals surface area contributed by atoms with Crippen LogP contribution >= 0.6 is 31.9 Å². The van der Waals surface area contributed by atoms with Crippen LogP contribution in [0.3, 0.4) is 0 Å². The predicted octanol–water partition coefficient (Wildman–Crippen LogP) is 5.60. The summed E-state index contributed by atoms with van der Waals surface area (Å²) in [5.74, 6) is 0.690. The second-order valence-corrected chi connectivity index (χ2v) is 5.64. The number of halogens is 5. The summed E-state index contributed by atoms with van der Waals surface area (Å²) in [6.45, 7) is 0. The van der Waals surface area contributed by atoms with Gasteiger partial charge in [0.1, 0.15) is 11.5 Å². The molecule has 2 aromatic carbocycles. The van der Waals surface area contributed by atoms with E-state index in [4.69, 9.17) is 10.5 Å². The molecule has 0 spiro atoms. The summed E-state index contributed by atoms with van der Waals surface area (Å²) in [5.41, 5.74) is 5.38. The van der Waals surface area contributed by atoms with E-state index < -0.39 is 11.7 Å². The molecule has 0 aliphatic heterocycles. The zero-order valence-electron chi connectivity index (χ0n) is 9.84. The highest BCUT2D eigenvalue weighted by Crippen LogP contribution is 2.38. The molecule has 0 unspecified atom stereocenters. The molecule has 0 aliphatic rings. The number of hydrogen-bond acceptors (Lipinski definition) is 2. The quantitative estimate of drug-likeness (QED) is 0.653. The van der Waals surface area contributed by atoms with Crippen molar-refractivity contribution in [2.75, 3.05) is 5.73 Å². The normalized spacial score (nSPS) is 11.4. The van der Waals surface area contributed by atoms with E-state index in [0.717, 1.165) is 12.1 Å². The number of anilines is 1. The van der Waals surface area contributed by atoms with Crippen LogP contribution in [0, 0.1) is 0 Å². The number of ether oxygens (including phenoxy) is 1. The zero-order chi connectivity index (χ0) is 14.9. The SMILES string of the molecule is Nc1ccc(Br)c(Oc2ccc(C(F)(F)F)cc2Br)c1. The van der Waals surface area contributed by atoms with Gasteiger partial charge in [-0.1, -0.05) is 0 Å². The van der Waals surface area contributed by atoms with Crippen LogP contribution in [-0.4, -0.2) is 0 Å². The van der Waals surface area contributed by atoms with E-state index in [1.807, 2.05) is 0 Å². The molecule has 0 saturated heterocycles. The van der Waals surface area contributed by atoms with Crippen LogP contribution in [0.1, 0.15) is 5.56 Å². The average Bonchev–Trinajstić information content (AvgIpc) is 2.35. The molecule has 0 radical (unpaired) electrons. The second kappa shape index (κ2) is 5.65. The van der Waals surface area contributed by atoms with Crippen LogP contribution in [0.2, 0.25) is 0 Å². The Morgan fingerprint density at radius 1 is 0.900 bits per heavy atom. The summed E-state index contributed by atoms with van der Waals surface area (Å²) in [6.07, 6.45) is -4.39. The maximum Gasteiger partial charge on any atom is 0.416 e. The van der Waals surface area contributed by atoms with Gasteiger partial charge in [-0.25, -0.2) is 0 Å². The molecular formula is C13H8Br2F3NO. The highest BCUT2D eigenvalue weighted by Gasteiger charge is 2.31. The molecule has 20 heavy (non-hydrogen) atoms. The highest BCUT2D eigenvalue weighted by atomic mass is 79.9. The van der Waals surface area contributed by atoms with Crippen LogP contribution in [0.15, 0.2) is 45.3 Å². The molecule has 0 saturated carbocycles. The summed E-state index contributed by atoms with van der Waals surface area (Å²) >= 11 is 6.35. The van der Waals surface area contributed by atoms with Crippen molar-refractivity contribution in [1.29, 1.82) is 0 Å². The number of nitrogen functional groups attached to an aromatic ring is 1. The molecule has 106 valence electrons. The largest absolute Gasteiger partial charge is 0.455 e. The van der Waals surface area contributed by atoms with E-state index in [1.165, 1.54) is 6.07 Å². The number of benzene rings is 2. The van der Waals surface area contributed by atoms with E-state index in [2.05, 4.69) is 31.9 Å². The fourth-order valence-corrected chi connectivity index (χ4v) is 2.26. The van der Waals surface area contributed by atoms with Crippen molar-refractivity contribution < 1.29 is 17.9 Å². The average molecular weight is 411 g/mol. The molecule has 2 rings (SSSR count). The summed E-state index contributed by atoms with van der Waals surface area (Å²) in [4.78, 5) is 0. The Bertz CT molecular complexity index is 644. The lowest BCUT2D eigenvalue weighted by atomic mass is 10.2. The summed E-state index contributed by atoms with van der Waals surface area (Å²) < 4.78 is 44.1. The van der Waals surface area contributed by atoms with Crippen molar-refractivity contribution in [3.63, 3.8) is 0 Å². The van der Waals surface area contributed by atoms with E-state index >= 15 is 0 Å². The first-order chi connectivity index (χ1) is 9.27. The van der Waals surface area contributed by atoms with Crippen LogP contribution in [-0.2, 0) is 6.18 Å². The first-order valence-corrected chi connectivity index (χ1v) is 6.95. The first kappa shape index (κ1) is 15.2. The van der Waals surface area contributed by atoms with E-state index in [0.29, 0.717) is 15.9 Å². The molecule has 2 aromatic rings. The first-order valence-electron chi connectivity index (χ1n) is 5.37. The van der Waals surface area contributed by atoms with Crippen LogP contribution in [0.25, 0.3) is 0 Å². The Morgan fingerprint density at radius 2 is 1.60 bits per heavy atom. The van der Waals surface area contributed by atoms with Crippen molar-refractivity contribution in [3.8, 4) is 11.5 Å². The van der Waals surface area contributed by atoms with Gasteiger partial charge in [-0.3, -0.25) is 0 Å². The Hall–Kier alpha value is -1.21. The number of hydrogen-bond donors (Lipinski definition) is 1. The third-order valence-electron chi connectivity index (χ3n) is 2.43. The standard InChI is InChI=1S/C13H8Br2F3NO/c14-9-3-2-8(19)6-12(9)20-11-4-1-7(5-10(11)15)13(16,17)18/h1-6H,19H2. The van der Waals surface area contributed by atoms with Gasteiger partial charge >= 0.3 is 6.18 Å². The fourth-order valence-electron chi connectivity index (χ4n) is 1.48. The van der Waals surface area contributed by atoms with Gasteiger partial charge in [-0.2, -0.15) is 13.2 Å². The minimum atomic E-state index is -4.39. The lowest BCUT2D eigenvalue weighted by Crippen LogP contribution is -2.04. The second-order valence-electron chi connectivity index (χ2n) is 3.93. The summed E-state index contributed by atoms with van der Waals surface area (Å²) in [6, 6.07) is 8.13. The number of alkyl halides is 3. The minimum Gasteiger partial charge on any atom is -0.455 e. The Morgan fingerprint density at radius 3 is 2.20 bits per heavy atom. The summed E-state index contributed by atoms with van der Waals surface area (Å²) in [7, 11) is 0. The van der Waals surface area contributed by atoms with Crippen LogP contribution < -0.4 is 10.5 Å². The smallest absolute Gasteiger partial charge is 0.416 e. The van der Waals surface area contributed by atoms with Gasteiger partial charge in [0, 0.05) is 11.8 Å². The van der Waals surface area contributed by atoms with Gasteiger partial charge in [0.2, 0.25) is 0 Å². The van der Waals surface area contributed by atoms with Crippen molar-refractivity contribution in [2.24, 2.45) is 0 Å². The third kappa shape index (κ3) is 3.46. The molecule has 2 N–H and O–H groups in total. The molecule has 0 heterocycles. The Kier molecular flexibility index (Phi) is 4.29. The minimum absolute atomic E-state index is 0.210. The van der Waals surface area contributed by atoms with E-state index in [-0.39, 0.29) is 10.2 Å². The molecule has 0 aliphatic carbocycles. The molecule has 0 bridgehead atoms. The van der Waals surface area contributed by atoms with Gasteiger partial charge in [0.25, 0.3) is 0 Å². The number of rotatable bonds is 2. The maximum atomic E-state index is 12.6. The number of nitrogens with two attached hydrogens (primary N) is 1. The molecule has 7 heteroatoms. The Balaban J connectivity index is 2.33. The highest BCUT2D eigenvalue weighted by molar-refractivity contribution is 9.11. The van der Waals surface area contributed by atoms with E-state index in [1.54, 1.807) is 18.2 Å². The van der Waals surface area contributed by atoms with E-state index in [9.17, 15) is 13.2 Å². The molecule has 0 aromatic heterocycles. The fraction of sp³-hybridized carbons (Fsp3) is 0.0769. The lowest BCUT2D eigenvalue weighted by molar-refractivity contribution is -0.137. The third-order valence-corrected chi connectivity index (χ3v) is 3.71. The Labute approximate surface area is 130 Å². The van der Waals surface area contributed by atoms with Crippen molar-refractivity contribution >= 4 is 37.5 Å². The maximum absolute atomic E-state index is 12.6. The molecule has 0 fully saturated rings. The van der Waals surface area contributed by atoms with Gasteiger partial charge in [0.15, 0.2) is 0 Å². The van der Waals surface area contributed by atoms with Crippen molar-refractivity contribution in [3.05, 3.63) is 50.9 Å². The zero-order valence-corrected chi connectivity index (χ0v) is 13.0. The van der Waals surface area contributed by atoms with Crippen molar-refractivity contribution in [2.45, 2.75) is 6.18 Å². The van der Waals surface area contributed by atoms with Gasteiger partial charge in [-0.05, 0) is 62.2 Å². The van der Waals surface area contributed by atoms with Crippen LogP contribution in [0.4, 0.5) is 18.9 Å². The van der Waals surface area contributed by atoms with Crippen LogP contribution in [0.5, 0.6) is 11.5 Å². The monoisotopic (exact) mass is 409 g/mol. The summed E-state index contributed by atoms with van der Waals surface area (Å²) in [5, 5.41) is 0. The van der Waals surface area contributed by atoms with Gasteiger partial charge in [0.05, 0.1) is 14.5 Å². The van der Waals surface area contributed by atoms with Gasteiger partial charge in [-0.15, -0.1) is 0 Å².